The molecular weight excluding hydrogens is 299 g/mol. The molecule has 0 aliphatic rings. The first-order valence-corrected chi connectivity index (χ1v) is 6.20. The van der Waals surface area contributed by atoms with Crippen molar-refractivity contribution in [1.29, 1.82) is 0 Å². The number of aliphatic hydroxyl groups is 1. The maximum atomic E-state index is 13.7. The highest BCUT2D eigenvalue weighted by molar-refractivity contribution is 9.10. The molecular formula is C13H12BrFN2O. The number of aromatic nitrogens is 1. The van der Waals surface area contributed by atoms with E-state index in [4.69, 9.17) is 5.73 Å². The Morgan fingerprint density at radius 1 is 1.33 bits per heavy atom. The molecule has 3 N–H and O–H groups in total. The molecule has 0 bridgehead atoms. The van der Waals surface area contributed by atoms with E-state index in [0.29, 0.717) is 15.9 Å². The number of nitrogen functional groups attached to an aromatic ring is 1. The molecule has 0 aliphatic heterocycles. The van der Waals surface area contributed by atoms with Crippen molar-refractivity contribution in [3.63, 3.8) is 0 Å². The van der Waals surface area contributed by atoms with Crippen LogP contribution in [-0.4, -0.2) is 10.1 Å². The van der Waals surface area contributed by atoms with Crippen LogP contribution < -0.4 is 5.73 Å². The molecule has 1 unspecified atom stereocenters. The molecule has 18 heavy (non-hydrogen) atoms. The van der Waals surface area contributed by atoms with Crippen molar-refractivity contribution in [1.82, 2.24) is 4.98 Å². The largest absolute Gasteiger partial charge is 0.388 e. The summed E-state index contributed by atoms with van der Waals surface area (Å²) in [4.78, 5) is 3.93. The van der Waals surface area contributed by atoms with Gasteiger partial charge >= 0.3 is 0 Å². The fraction of sp³-hybridized carbons (Fsp3) is 0.154. The van der Waals surface area contributed by atoms with Gasteiger partial charge in [0.15, 0.2) is 0 Å². The molecule has 0 saturated heterocycles. The molecule has 2 rings (SSSR count). The average Bonchev–Trinajstić information content (AvgIpc) is 2.32. The lowest BCUT2D eigenvalue weighted by atomic mass is 10.0. The normalized spacial score (nSPS) is 12.4. The SMILES string of the molecule is Nc1ncccc1CC(O)c1c(F)cccc1Br. The zero-order chi connectivity index (χ0) is 13.1. The maximum absolute atomic E-state index is 13.7. The van der Waals surface area contributed by atoms with E-state index < -0.39 is 11.9 Å². The maximum Gasteiger partial charge on any atom is 0.130 e. The number of pyridine rings is 1. The molecule has 0 amide bonds. The van der Waals surface area contributed by atoms with Gasteiger partial charge in [-0.3, -0.25) is 0 Å². The lowest BCUT2D eigenvalue weighted by Crippen LogP contribution is -2.07. The molecule has 2 aromatic rings. The lowest BCUT2D eigenvalue weighted by molar-refractivity contribution is 0.173. The number of nitrogens with zero attached hydrogens (tertiary/aromatic N) is 1. The third kappa shape index (κ3) is 2.68. The van der Waals surface area contributed by atoms with E-state index >= 15 is 0 Å². The van der Waals surface area contributed by atoms with Gasteiger partial charge in [0.05, 0.1) is 6.10 Å². The number of nitrogens with two attached hydrogens (primary N) is 1. The summed E-state index contributed by atoms with van der Waals surface area (Å²) in [5.41, 5.74) is 6.63. The van der Waals surface area contributed by atoms with Crippen molar-refractivity contribution < 1.29 is 9.50 Å². The molecule has 0 radical (unpaired) electrons. The van der Waals surface area contributed by atoms with Crippen LogP contribution in [-0.2, 0) is 6.42 Å². The minimum atomic E-state index is -0.966. The van der Waals surface area contributed by atoms with Crippen LogP contribution in [0.1, 0.15) is 17.2 Å². The molecule has 1 heterocycles. The average molecular weight is 311 g/mol. The second-order valence-electron chi connectivity index (χ2n) is 3.90. The Labute approximate surface area is 113 Å². The summed E-state index contributed by atoms with van der Waals surface area (Å²) < 4.78 is 14.2. The third-order valence-electron chi connectivity index (χ3n) is 2.67. The Hall–Kier alpha value is -1.46. The van der Waals surface area contributed by atoms with Gasteiger partial charge in [0.1, 0.15) is 11.6 Å². The Balaban J connectivity index is 2.28. The van der Waals surface area contributed by atoms with E-state index in [9.17, 15) is 9.50 Å². The summed E-state index contributed by atoms with van der Waals surface area (Å²) in [6.07, 6.45) is 0.829. The van der Waals surface area contributed by atoms with Crippen molar-refractivity contribution >= 4 is 21.7 Å². The molecule has 0 aliphatic carbocycles. The summed E-state index contributed by atoms with van der Waals surface area (Å²) in [6, 6.07) is 8.08. The van der Waals surface area contributed by atoms with Gasteiger partial charge in [-0.15, -0.1) is 0 Å². The minimum Gasteiger partial charge on any atom is -0.388 e. The van der Waals surface area contributed by atoms with Gasteiger partial charge in [-0.2, -0.15) is 0 Å². The zero-order valence-electron chi connectivity index (χ0n) is 9.48. The first-order chi connectivity index (χ1) is 8.59. The number of hydrogen-bond acceptors (Lipinski definition) is 3. The Kier molecular flexibility index (Phi) is 3.93. The molecule has 1 aromatic carbocycles. The smallest absolute Gasteiger partial charge is 0.130 e. The molecule has 94 valence electrons. The van der Waals surface area contributed by atoms with Gasteiger partial charge in [0.25, 0.3) is 0 Å². The minimum absolute atomic E-state index is 0.221. The van der Waals surface area contributed by atoms with Crippen molar-refractivity contribution in [3.05, 3.63) is 57.9 Å². The molecule has 1 atom stereocenters. The monoisotopic (exact) mass is 310 g/mol. The van der Waals surface area contributed by atoms with Crippen molar-refractivity contribution in [2.24, 2.45) is 0 Å². The predicted octanol–water partition coefficient (Wildman–Crippen LogP) is 2.84. The van der Waals surface area contributed by atoms with E-state index in [2.05, 4.69) is 20.9 Å². The topological polar surface area (TPSA) is 59.1 Å². The highest BCUT2D eigenvalue weighted by Crippen LogP contribution is 2.29. The fourth-order valence-electron chi connectivity index (χ4n) is 1.76. The Bertz CT molecular complexity index is 542. The number of anilines is 1. The molecule has 0 saturated carbocycles. The number of rotatable bonds is 3. The fourth-order valence-corrected chi connectivity index (χ4v) is 2.37. The summed E-state index contributed by atoms with van der Waals surface area (Å²) in [7, 11) is 0. The number of halogens is 2. The second-order valence-corrected chi connectivity index (χ2v) is 4.76. The van der Waals surface area contributed by atoms with Gasteiger partial charge in [0.2, 0.25) is 0 Å². The van der Waals surface area contributed by atoms with Crippen LogP contribution in [0.4, 0.5) is 10.2 Å². The summed E-state index contributed by atoms with van der Waals surface area (Å²) in [6.45, 7) is 0. The molecule has 1 aromatic heterocycles. The van der Waals surface area contributed by atoms with Crippen LogP contribution >= 0.6 is 15.9 Å². The van der Waals surface area contributed by atoms with E-state index in [0.717, 1.165) is 0 Å². The van der Waals surface area contributed by atoms with Crippen LogP contribution in [0.3, 0.4) is 0 Å². The van der Waals surface area contributed by atoms with Crippen LogP contribution in [0, 0.1) is 5.82 Å². The van der Waals surface area contributed by atoms with E-state index in [1.165, 1.54) is 6.07 Å². The first kappa shape index (κ1) is 13.0. The summed E-state index contributed by atoms with van der Waals surface area (Å²) in [5, 5.41) is 10.1. The Morgan fingerprint density at radius 2 is 2.11 bits per heavy atom. The van der Waals surface area contributed by atoms with Crippen molar-refractivity contribution in [2.45, 2.75) is 12.5 Å². The van der Waals surface area contributed by atoms with Crippen LogP contribution in [0.25, 0.3) is 0 Å². The second kappa shape index (κ2) is 5.46. The number of aliphatic hydroxyl groups excluding tert-OH is 1. The highest BCUT2D eigenvalue weighted by atomic mass is 79.9. The van der Waals surface area contributed by atoms with E-state index in [1.807, 2.05) is 0 Å². The third-order valence-corrected chi connectivity index (χ3v) is 3.36. The van der Waals surface area contributed by atoms with Crippen LogP contribution in [0.15, 0.2) is 41.0 Å². The highest BCUT2D eigenvalue weighted by Gasteiger charge is 2.17. The van der Waals surface area contributed by atoms with Gasteiger partial charge in [-0.25, -0.2) is 9.37 Å². The molecule has 0 spiro atoms. The first-order valence-electron chi connectivity index (χ1n) is 5.41. The van der Waals surface area contributed by atoms with Crippen LogP contribution in [0.5, 0.6) is 0 Å². The predicted molar refractivity (Wildman–Crippen MR) is 71.4 cm³/mol. The van der Waals surface area contributed by atoms with Crippen molar-refractivity contribution in [3.8, 4) is 0 Å². The summed E-state index contributed by atoms with van der Waals surface area (Å²) >= 11 is 3.23. The molecule has 5 heteroatoms. The van der Waals surface area contributed by atoms with Gasteiger partial charge in [0, 0.05) is 22.7 Å². The quantitative estimate of drug-likeness (QED) is 0.916. The Morgan fingerprint density at radius 3 is 2.78 bits per heavy atom. The van der Waals surface area contributed by atoms with E-state index in [1.54, 1.807) is 30.5 Å². The molecule has 3 nitrogen and oxygen atoms in total. The number of benzene rings is 1. The number of hydrogen-bond donors (Lipinski definition) is 2. The molecule has 0 fully saturated rings. The zero-order valence-corrected chi connectivity index (χ0v) is 11.1. The van der Waals surface area contributed by atoms with Crippen LogP contribution in [0.2, 0.25) is 0 Å². The van der Waals surface area contributed by atoms with Gasteiger partial charge in [-0.05, 0) is 23.8 Å². The van der Waals surface area contributed by atoms with Gasteiger partial charge in [-0.1, -0.05) is 28.1 Å². The standard InChI is InChI=1S/C13H12BrFN2O/c14-9-4-1-5-10(15)12(9)11(18)7-8-3-2-6-17-13(8)16/h1-6,11,18H,7H2,(H2,16,17). The van der Waals surface area contributed by atoms with E-state index in [-0.39, 0.29) is 12.0 Å². The summed E-state index contributed by atoms with van der Waals surface area (Å²) in [5.74, 6) is -0.0941. The lowest BCUT2D eigenvalue weighted by Gasteiger charge is -2.14. The van der Waals surface area contributed by atoms with Gasteiger partial charge < -0.3 is 10.8 Å². The van der Waals surface area contributed by atoms with Crippen molar-refractivity contribution in [2.75, 3.05) is 5.73 Å².